The van der Waals surface area contributed by atoms with Crippen molar-refractivity contribution in [1.29, 1.82) is 0 Å². The normalized spacial score (nSPS) is 11.2. The third-order valence-electron chi connectivity index (χ3n) is 2.40. The van der Waals surface area contributed by atoms with Crippen molar-refractivity contribution < 1.29 is 19.7 Å². The van der Waals surface area contributed by atoms with Gasteiger partial charge in [-0.2, -0.15) is 0 Å². The summed E-state index contributed by atoms with van der Waals surface area (Å²) in [5.41, 5.74) is 0.903. The van der Waals surface area contributed by atoms with Crippen molar-refractivity contribution in [3.05, 3.63) is 29.3 Å². The summed E-state index contributed by atoms with van der Waals surface area (Å²) in [6, 6.07) is 5.01. The number of amides is 1. The molecule has 0 aliphatic carbocycles. The van der Waals surface area contributed by atoms with Gasteiger partial charge in [0.25, 0.3) is 0 Å². The minimum Gasteiger partial charge on any atom is -0.508 e. The monoisotopic (exact) mass is 267 g/mol. The second-order valence-electron chi connectivity index (χ2n) is 5.30. The van der Waals surface area contributed by atoms with E-state index in [1.54, 1.807) is 32.9 Å². The van der Waals surface area contributed by atoms with E-state index in [0.29, 0.717) is 18.5 Å². The first-order valence-electron chi connectivity index (χ1n) is 6.20. The van der Waals surface area contributed by atoms with Crippen LogP contribution in [-0.2, 0) is 17.8 Å². The van der Waals surface area contributed by atoms with E-state index in [1.165, 1.54) is 6.07 Å². The SMILES string of the molecule is CC(C)(C)OC(=O)NCCc1ccc(O)c(CO)c1. The van der Waals surface area contributed by atoms with Gasteiger partial charge >= 0.3 is 6.09 Å². The zero-order valence-corrected chi connectivity index (χ0v) is 11.6. The fourth-order valence-electron chi connectivity index (χ4n) is 1.54. The number of hydrogen-bond donors (Lipinski definition) is 3. The Balaban J connectivity index is 2.43. The molecular formula is C14H21NO4. The van der Waals surface area contributed by atoms with Crippen molar-refractivity contribution in [2.24, 2.45) is 0 Å². The quantitative estimate of drug-likeness (QED) is 0.779. The zero-order valence-electron chi connectivity index (χ0n) is 11.6. The van der Waals surface area contributed by atoms with E-state index < -0.39 is 11.7 Å². The van der Waals surface area contributed by atoms with E-state index in [1.807, 2.05) is 0 Å². The molecule has 3 N–H and O–H groups in total. The number of carbonyl (C=O) groups is 1. The molecule has 0 unspecified atom stereocenters. The average molecular weight is 267 g/mol. The third-order valence-corrected chi connectivity index (χ3v) is 2.40. The minimum atomic E-state index is -0.507. The van der Waals surface area contributed by atoms with Gasteiger partial charge in [0.1, 0.15) is 11.4 Å². The van der Waals surface area contributed by atoms with Crippen LogP contribution in [0.1, 0.15) is 31.9 Å². The molecule has 1 aromatic carbocycles. The summed E-state index contributed by atoms with van der Waals surface area (Å²) in [5, 5.41) is 21.1. The van der Waals surface area contributed by atoms with E-state index in [2.05, 4.69) is 5.32 Å². The first-order valence-corrected chi connectivity index (χ1v) is 6.20. The maximum absolute atomic E-state index is 11.4. The Morgan fingerprint density at radius 3 is 2.63 bits per heavy atom. The molecule has 106 valence electrons. The molecule has 1 aromatic rings. The van der Waals surface area contributed by atoms with Crippen molar-refractivity contribution in [2.75, 3.05) is 6.54 Å². The molecule has 0 saturated heterocycles. The summed E-state index contributed by atoms with van der Waals surface area (Å²) in [4.78, 5) is 11.4. The molecule has 5 heteroatoms. The number of hydrogen-bond acceptors (Lipinski definition) is 4. The lowest BCUT2D eigenvalue weighted by Crippen LogP contribution is -2.33. The van der Waals surface area contributed by atoms with Gasteiger partial charge in [-0.05, 0) is 44.9 Å². The number of nitrogens with one attached hydrogen (secondary N) is 1. The molecule has 0 heterocycles. The van der Waals surface area contributed by atoms with Crippen molar-refractivity contribution in [3.8, 4) is 5.75 Å². The van der Waals surface area contributed by atoms with Crippen LogP contribution >= 0.6 is 0 Å². The fourth-order valence-corrected chi connectivity index (χ4v) is 1.54. The summed E-state index contributed by atoms with van der Waals surface area (Å²) in [7, 11) is 0. The minimum absolute atomic E-state index is 0.0753. The number of aromatic hydroxyl groups is 1. The van der Waals surface area contributed by atoms with Gasteiger partial charge in [-0.25, -0.2) is 4.79 Å². The molecule has 0 spiro atoms. The largest absolute Gasteiger partial charge is 0.508 e. The van der Waals surface area contributed by atoms with E-state index in [9.17, 15) is 9.90 Å². The fraction of sp³-hybridized carbons (Fsp3) is 0.500. The molecule has 19 heavy (non-hydrogen) atoms. The number of ether oxygens (including phenoxy) is 1. The molecule has 0 saturated carbocycles. The lowest BCUT2D eigenvalue weighted by Gasteiger charge is -2.19. The Bertz CT molecular complexity index is 438. The van der Waals surface area contributed by atoms with Crippen LogP contribution in [0.5, 0.6) is 5.75 Å². The highest BCUT2D eigenvalue weighted by molar-refractivity contribution is 5.67. The average Bonchev–Trinajstić information content (AvgIpc) is 2.29. The van der Waals surface area contributed by atoms with Crippen LogP contribution in [0.4, 0.5) is 4.79 Å². The Morgan fingerprint density at radius 2 is 2.05 bits per heavy atom. The van der Waals surface area contributed by atoms with Crippen LogP contribution < -0.4 is 5.32 Å². The molecule has 0 atom stereocenters. The molecule has 0 fully saturated rings. The van der Waals surface area contributed by atoms with Gasteiger partial charge in [-0.1, -0.05) is 6.07 Å². The molecule has 0 aromatic heterocycles. The molecule has 5 nitrogen and oxygen atoms in total. The Hall–Kier alpha value is -1.75. The number of alkyl carbamates (subject to hydrolysis) is 1. The molecule has 1 amide bonds. The van der Waals surface area contributed by atoms with Crippen molar-refractivity contribution in [3.63, 3.8) is 0 Å². The zero-order chi connectivity index (χ0) is 14.5. The summed E-state index contributed by atoms with van der Waals surface area (Å²) in [6.07, 6.45) is 0.153. The van der Waals surface area contributed by atoms with Gasteiger partial charge in [0, 0.05) is 12.1 Å². The van der Waals surface area contributed by atoms with Gasteiger partial charge in [-0.3, -0.25) is 0 Å². The van der Waals surface area contributed by atoms with Crippen LogP contribution in [0.25, 0.3) is 0 Å². The highest BCUT2D eigenvalue weighted by Gasteiger charge is 2.15. The lowest BCUT2D eigenvalue weighted by atomic mass is 10.1. The van der Waals surface area contributed by atoms with E-state index in [4.69, 9.17) is 9.84 Å². The first kappa shape index (κ1) is 15.3. The van der Waals surface area contributed by atoms with Gasteiger partial charge in [0.05, 0.1) is 6.61 Å². The first-order chi connectivity index (χ1) is 8.81. The molecule has 0 aliphatic heterocycles. The Labute approximate surface area is 113 Å². The molecular weight excluding hydrogens is 246 g/mol. The predicted molar refractivity (Wildman–Crippen MR) is 72.0 cm³/mol. The van der Waals surface area contributed by atoms with Crippen LogP contribution in [0.3, 0.4) is 0 Å². The predicted octanol–water partition coefficient (Wildman–Crippen LogP) is 1.95. The van der Waals surface area contributed by atoms with Crippen molar-refractivity contribution in [2.45, 2.75) is 39.4 Å². The maximum Gasteiger partial charge on any atom is 0.407 e. The summed E-state index contributed by atoms with van der Waals surface area (Å²) in [6.45, 7) is 5.64. The number of aliphatic hydroxyl groups is 1. The van der Waals surface area contributed by atoms with Crippen molar-refractivity contribution in [1.82, 2.24) is 5.32 Å². The molecule has 0 aliphatic rings. The number of benzene rings is 1. The standard InChI is InChI=1S/C14H21NO4/c1-14(2,3)19-13(18)15-7-6-10-4-5-12(17)11(8-10)9-16/h4-5,8,16-17H,6-7,9H2,1-3H3,(H,15,18). The smallest absolute Gasteiger partial charge is 0.407 e. The van der Waals surface area contributed by atoms with Crippen LogP contribution in [0, 0.1) is 0 Å². The highest BCUT2D eigenvalue weighted by atomic mass is 16.6. The van der Waals surface area contributed by atoms with Crippen LogP contribution in [-0.4, -0.2) is 28.5 Å². The van der Waals surface area contributed by atoms with Crippen LogP contribution in [0.2, 0.25) is 0 Å². The number of rotatable bonds is 4. The second-order valence-corrected chi connectivity index (χ2v) is 5.30. The molecule has 0 radical (unpaired) electrons. The topological polar surface area (TPSA) is 78.8 Å². The van der Waals surface area contributed by atoms with E-state index in [-0.39, 0.29) is 12.4 Å². The lowest BCUT2D eigenvalue weighted by molar-refractivity contribution is 0.0528. The second kappa shape index (κ2) is 6.43. The molecule has 0 bridgehead atoms. The summed E-state index contributed by atoms with van der Waals surface area (Å²) < 4.78 is 5.11. The van der Waals surface area contributed by atoms with Gasteiger partial charge < -0.3 is 20.3 Å². The van der Waals surface area contributed by atoms with Crippen LogP contribution in [0.15, 0.2) is 18.2 Å². The Kier molecular flexibility index (Phi) is 5.18. The highest BCUT2D eigenvalue weighted by Crippen LogP contribution is 2.18. The van der Waals surface area contributed by atoms with Gasteiger partial charge in [-0.15, -0.1) is 0 Å². The number of carbonyl (C=O) groups excluding carboxylic acids is 1. The summed E-state index contributed by atoms with van der Waals surface area (Å²) in [5.74, 6) is 0.0753. The van der Waals surface area contributed by atoms with Gasteiger partial charge in [0.15, 0.2) is 0 Å². The third kappa shape index (κ3) is 5.61. The maximum atomic E-state index is 11.4. The van der Waals surface area contributed by atoms with E-state index in [0.717, 1.165) is 5.56 Å². The molecule has 1 rings (SSSR count). The summed E-state index contributed by atoms with van der Waals surface area (Å²) >= 11 is 0. The number of aliphatic hydroxyl groups excluding tert-OH is 1. The van der Waals surface area contributed by atoms with Gasteiger partial charge in [0.2, 0.25) is 0 Å². The Morgan fingerprint density at radius 1 is 1.37 bits per heavy atom. The van der Waals surface area contributed by atoms with Crippen molar-refractivity contribution >= 4 is 6.09 Å². The van der Waals surface area contributed by atoms with E-state index >= 15 is 0 Å². The number of phenols is 1.